The molecule has 0 spiro atoms. The van der Waals surface area contributed by atoms with E-state index in [1.165, 1.54) is 0 Å². The number of nitrogens with zero attached hydrogens (tertiary/aromatic N) is 2. The van der Waals surface area contributed by atoms with Crippen LogP contribution in [0.2, 0.25) is 0 Å². The molecule has 0 aliphatic heterocycles. The minimum Gasteiger partial charge on any atom is -0.350 e. The Balaban J connectivity index is 2.01. The molecule has 1 aromatic carbocycles. The number of amides is 1. The van der Waals surface area contributed by atoms with Crippen LogP contribution in [0.5, 0.6) is 0 Å². The van der Waals surface area contributed by atoms with Crippen molar-refractivity contribution in [2.75, 3.05) is 0 Å². The molecule has 1 fully saturated rings. The van der Waals surface area contributed by atoms with Crippen LogP contribution in [0.25, 0.3) is 10.8 Å². The van der Waals surface area contributed by atoms with Crippen molar-refractivity contribution in [3.63, 3.8) is 0 Å². The third-order valence-corrected chi connectivity index (χ3v) is 4.67. The summed E-state index contributed by atoms with van der Waals surface area (Å²) in [6.07, 6.45) is 4.28. The van der Waals surface area contributed by atoms with Crippen molar-refractivity contribution in [2.45, 2.75) is 59.0 Å². The molecule has 1 aliphatic rings. The summed E-state index contributed by atoms with van der Waals surface area (Å²) >= 11 is 0. The summed E-state index contributed by atoms with van der Waals surface area (Å²) < 4.78 is 1.65. The monoisotopic (exact) mass is 327 g/mol. The van der Waals surface area contributed by atoms with E-state index in [2.05, 4.69) is 10.4 Å². The molecule has 0 saturated heterocycles. The summed E-state index contributed by atoms with van der Waals surface area (Å²) in [6, 6.07) is 7.71. The van der Waals surface area contributed by atoms with E-state index in [1.54, 1.807) is 4.68 Å². The molecule has 0 unspecified atom stereocenters. The molecule has 3 rings (SSSR count). The van der Waals surface area contributed by atoms with Crippen molar-refractivity contribution in [2.24, 2.45) is 5.41 Å². The Hall–Kier alpha value is -2.17. The maximum absolute atomic E-state index is 12.8. The van der Waals surface area contributed by atoms with Gasteiger partial charge in [-0.1, -0.05) is 51.8 Å². The van der Waals surface area contributed by atoms with Crippen LogP contribution >= 0.6 is 0 Å². The molecule has 128 valence electrons. The van der Waals surface area contributed by atoms with Crippen molar-refractivity contribution in [1.82, 2.24) is 15.1 Å². The number of nitrogens with one attached hydrogen (secondary N) is 1. The SMILES string of the molecule is CC(C)(C)C(=O)NCc1nn(C2CCCC2)c(=O)c2ccccc12. The number of hydrogen-bond donors (Lipinski definition) is 1. The zero-order valence-electron chi connectivity index (χ0n) is 14.6. The molecule has 1 N–H and O–H groups in total. The molecule has 0 bridgehead atoms. The summed E-state index contributed by atoms with van der Waals surface area (Å²) in [7, 11) is 0. The molecule has 2 aromatic rings. The molecule has 1 amide bonds. The van der Waals surface area contributed by atoms with Crippen LogP contribution in [-0.4, -0.2) is 15.7 Å². The second-order valence-electron chi connectivity index (χ2n) is 7.61. The van der Waals surface area contributed by atoms with Crippen LogP contribution < -0.4 is 10.9 Å². The first kappa shape index (κ1) is 16.7. The predicted octanol–water partition coefficient (Wildman–Crippen LogP) is 3.17. The first-order valence-electron chi connectivity index (χ1n) is 8.66. The lowest BCUT2D eigenvalue weighted by Crippen LogP contribution is -2.35. The summed E-state index contributed by atoms with van der Waals surface area (Å²) in [5, 5.41) is 9.08. The Morgan fingerprint density at radius 2 is 1.83 bits per heavy atom. The fourth-order valence-corrected chi connectivity index (χ4v) is 3.23. The first-order chi connectivity index (χ1) is 11.4. The number of carbonyl (C=O) groups excluding carboxylic acids is 1. The van der Waals surface area contributed by atoms with Gasteiger partial charge in [-0.3, -0.25) is 9.59 Å². The number of fused-ring (bicyclic) bond motifs is 1. The van der Waals surface area contributed by atoms with Crippen molar-refractivity contribution in [1.29, 1.82) is 0 Å². The fourth-order valence-electron chi connectivity index (χ4n) is 3.23. The molecule has 24 heavy (non-hydrogen) atoms. The number of aromatic nitrogens is 2. The van der Waals surface area contributed by atoms with E-state index in [0.717, 1.165) is 36.8 Å². The van der Waals surface area contributed by atoms with Crippen molar-refractivity contribution < 1.29 is 4.79 Å². The van der Waals surface area contributed by atoms with E-state index in [9.17, 15) is 9.59 Å². The van der Waals surface area contributed by atoms with Crippen LogP contribution in [0.15, 0.2) is 29.1 Å². The number of carbonyl (C=O) groups is 1. The quantitative estimate of drug-likeness (QED) is 0.942. The lowest BCUT2D eigenvalue weighted by Gasteiger charge is -2.19. The fraction of sp³-hybridized carbons (Fsp3) is 0.526. The Morgan fingerprint density at radius 3 is 2.46 bits per heavy atom. The smallest absolute Gasteiger partial charge is 0.274 e. The molecule has 5 nitrogen and oxygen atoms in total. The molecular formula is C19H25N3O2. The Morgan fingerprint density at radius 1 is 1.21 bits per heavy atom. The van der Waals surface area contributed by atoms with Gasteiger partial charge in [0.2, 0.25) is 5.91 Å². The average Bonchev–Trinajstić information content (AvgIpc) is 3.07. The highest BCUT2D eigenvalue weighted by Gasteiger charge is 2.23. The van der Waals surface area contributed by atoms with Crippen LogP contribution in [0.4, 0.5) is 0 Å². The molecule has 1 aromatic heterocycles. The minimum atomic E-state index is -0.449. The summed E-state index contributed by atoms with van der Waals surface area (Å²) in [6.45, 7) is 5.98. The van der Waals surface area contributed by atoms with Gasteiger partial charge in [-0.05, 0) is 18.9 Å². The Labute approximate surface area is 142 Å². The van der Waals surface area contributed by atoms with Gasteiger partial charge in [0.05, 0.1) is 23.7 Å². The van der Waals surface area contributed by atoms with Gasteiger partial charge in [0.25, 0.3) is 5.56 Å². The van der Waals surface area contributed by atoms with Crippen LogP contribution in [0.3, 0.4) is 0 Å². The maximum Gasteiger partial charge on any atom is 0.274 e. The van der Waals surface area contributed by atoms with Crippen LogP contribution in [0.1, 0.15) is 58.2 Å². The molecular weight excluding hydrogens is 302 g/mol. The van der Waals surface area contributed by atoms with Crippen molar-refractivity contribution >= 4 is 16.7 Å². The molecule has 0 radical (unpaired) electrons. The maximum atomic E-state index is 12.8. The van der Waals surface area contributed by atoms with E-state index in [-0.39, 0.29) is 17.5 Å². The van der Waals surface area contributed by atoms with Gasteiger partial charge < -0.3 is 5.32 Å². The third kappa shape index (κ3) is 3.21. The van der Waals surface area contributed by atoms with Gasteiger partial charge in [0, 0.05) is 10.8 Å². The lowest BCUT2D eigenvalue weighted by atomic mass is 9.95. The Kier molecular flexibility index (Phi) is 4.43. The molecule has 1 aliphatic carbocycles. The van der Waals surface area contributed by atoms with Gasteiger partial charge in [0.1, 0.15) is 0 Å². The van der Waals surface area contributed by atoms with E-state index in [1.807, 2.05) is 45.0 Å². The van der Waals surface area contributed by atoms with E-state index >= 15 is 0 Å². The minimum absolute atomic E-state index is 0.0213. The van der Waals surface area contributed by atoms with Gasteiger partial charge in [-0.15, -0.1) is 0 Å². The van der Waals surface area contributed by atoms with Gasteiger partial charge in [-0.25, -0.2) is 4.68 Å². The van der Waals surface area contributed by atoms with E-state index < -0.39 is 5.41 Å². The predicted molar refractivity (Wildman–Crippen MR) is 94.8 cm³/mol. The average molecular weight is 327 g/mol. The van der Waals surface area contributed by atoms with Crippen molar-refractivity contribution in [3.05, 3.63) is 40.3 Å². The normalized spacial score (nSPS) is 15.8. The Bertz CT molecular complexity index is 811. The second-order valence-corrected chi connectivity index (χ2v) is 7.61. The summed E-state index contributed by atoms with van der Waals surface area (Å²) in [5.74, 6) is -0.0213. The summed E-state index contributed by atoms with van der Waals surface area (Å²) in [5.41, 5.74) is 0.286. The number of hydrogen-bond acceptors (Lipinski definition) is 3. The highest BCUT2D eigenvalue weighted by atomic mass is 16.2. The second kappa shape index (κ2) is 6.38. The molecule has 5 heteroatoms. The van der Waals surface area contributed by atoms with E-state index in [0.29, 0.717) is 11.9 Å². The van der Waals surface area contributed by atoms with Gasteiger partial charge in [0.15, 0.2) is 0 Å². The number of rotatable bonds is 3. The molecule has 1 saturated carbocycles. The highest BCUT2D eigenvalue weighted by molar-refractivity contribution is 5.85. The third-order valence-electron chi connectivity index (χ3n) is 4.67. The summed E-state index contributed by atoms with van der Waals surface area (Å²) in [4.78, 5) is 25.0. The molecule has 0 atom stereocenters. The topological polar surface area (TPSA) is 64.0 Å². The number of benzene rings is 1. The van der Waals surface area contributed by atoms with Crippen LogP contribution in [-0.2, 0) is 11.3 Å². The van der Waals surface area contributed by atoms with Gasteiger partial charge in [-0.2, -0.15) is 5.10 Å². The molecule has 1 heterocycles. The largest absolute Gasteiger partial charge is 0.350 e. The lowest BCUT2D eigenvalue weighted by molar-refractivity contribution is -0.128. The highest BCUT2D eigenvalue weighted by Crippen LogP contribution is 2.28. The van der Waals surface area contributed by atoms with Gasteiger partial charge >= 0.3 is 0 Å². The zero-order chi connectivity index (χ0) is 17.3. The van der Waals surface area contributed by atoms with Crippen molar-refractivity contribution in [3.8, 4) is 0 Å². The van der Waals surface area contributed by atoms with E-state index in [4.69, 9.17) is 0 Å². The van der Waals surface area contributed by atoms with Crippen LogP contribution in [0, 0.1) is 5.41 Å². The standard InChI is InChI=1S/C19H25N3O2/c1-19(2,3)18(24)20-12-16-14-10-6-7-11-15(14)17(23)22(21-16)13-8-4-5-9-13/h6-7,10-11,13H,4-5,8-9,12H2,1-3H3,(H,20,24). The zero-order valence-corrected chi connectivity index (χ0v) is 14.6. The first-order valence-corrected chi connectivity index (χ1v) is 8.66.